The van der Waals surface area contributed by atoms with Gasteiger partial charge in [-0.2, -0.15) is 0 Å². The second-order valence-electron chi connectivity index (χ2n) is 3.26. The zero-order valence-electron chi connectivity index (χ0n) is 7.83. The lowest BCUT2D eigenvalue weighted by molar-refractivity contribution is -0.119. The number of anilines is 1. The molecule has 0 unspecified atom stereocenters. The zero-order valence-corrected chi connectivity index (χ0v) is 9.41. The van der Waals surface area contributed by atoms with Gasteiger partial charge in [0.15, 0.2) is 0 Å². The van der Waals surface area contributed by atoms with Crippen LogP contribution in [0.3, 0.4) is 0 Å². The SMILES string of the molecule is CCN1C(=O)[C@H](N)c2cc(Br)ccc21. The second kappa shape index (κ2) is 3.37. The molecular formula is C10H11BrN2O. The maximum atomic E-state index is 11.7. The van der Waals surface area contributed by atoms with Crippen LogP contribution in [0.15, 0.2) is 22.7 Å². The topological polar surface area (TPSA) is 46.3 Å². The van der Waals surface area contributed by atoms with Crippen LogP contribution in [0.2, 0.25) is 0 Å². The number of amides is 1. The van der Waals surface area contributed by atoms with E-state index in [-0.39, 0.29) is 5.91 Å². The molecule has 1 aliphatic rings. The Kier molecular flexibility index (Phi) is 2.33. The van der Waals surface area contributed by atoms with Crippen LogP contribution in [0.1, 0.15) is 18.5 Å². The number of likely N-dealkylation sites (N-methyl/N-ethyl adjacent to an activating group) is 1. The number of rotatable bonds is 1. The van der Waals surface area contributed by atoms with Crippen molar-refractivity contribution in [1.82, 2.24) is 0 Å². The van der Waals surface area contributed by atoms with E-state index in [2.05, 4.69) is 15.9 Å². The van der Waals surface area contributed by atoms with E-state index in [1.807, 2.05) is 25.1 Å². The fraction of sp³-hybridized carbons (Fsp3) is 0.300. The molecule has 0 saturated heterocycles. The maximum absolute atomic E-state index is 11.7. The summed E-state index contributed by atoms with van der Waals surface area (Å²) in [7, 11) is 0. The number of nitrogens with zero attached hydrogens (tertiary/aromatic N) is 1. The third kappa shape index (κ3) is 1.26. The van der Waals surface area contributed by atoms with E-state index < -0.39 is 6.04 Å². The first-order valence-electron chi connectivity index (χ1n) is 4.51. The Balaban J connectivity index is 2.55. The predicted octanol–water partition coefficient (Wildman–Crippen LogP) is 1.82. The van der Waals surface area contributed by atoms with Gasteiger partial charge >= 0.3 is 0 Å². The average Bonchev–Trinajstić information content (AvgIpc) is 2.41. The van der Waals surface area contributed by atoms with Crippen LogP contribution in [0.5, 0.6) is 0 Å². The summed E-state index contributed by atoms with van der Waals surface area (Å²) in [6.45, 7) is 2.61. The van der Waals surface area contributed by atoms with Crippen molar-refractivity contribution in [2.75, 3.05) is 11.4 Å². The summed E-state index contributed by atoms with van der Waals surface area (Å²) in [5, 5.41) is 0. The first-order valence-corrected chi connectivity index (χ1v) is 5.31. The highest BCUT2D eigenvalue weighted by molar-refractivity contribution is 9.10. The number of fused-ring (bicyclic) bond motifs is 1. The Morgan fingerprint density at radius 2 is 2.29 bits per heavy atom. The van der Waals surface area contributed by atoms with Crippen LogP contribution in [-0.4, -0.2) is 12.5 Å². The number of carbonyl (C=O) groups excluding carboxylic acids is 1. The van der Waals surface area contributed by atoms with Gasteiger partial charge in [-0.05, 0) is 25.1 Å². The molecule has 0 saturated carbocycles. The third-order valence-corrected chi connectivity index (χ3v) is 2.96. The minimum atomic E-state index is -0.498. The van der Waals surface area contributed by atoms with E-state index >= 15 is 0 Å². The fourth-order valence-electron chi connectivity index (χ4n) is 1.77. The maximum Gasteiger partial charge on any atom is 0.248 e. The molecular weight excluding hydrogens is 244 g/mol. The predicted molar refractivity (Wildman–Crippen MR) is 59.1 cm³/mol. The molecule has 2 rings (SSSR count). The highest BCUT2D eigenvalue weighted by atomic mass is 79.9. The molecule has 1 atom stereocenters. The highest BCUT2D eigenvalue weighted by Crippen LogP contribution is 2.35. The molecule has 1 aliphatic heterocycles. The van der Waals surface area contributed by atoms with Gasteiger partial charge in [-0.3, -0.25) is 4.79 Å². The number of nitrogens with two attached hydrogens (primary N) is 1. The van der Waals surface area contributed by atoms with E-state index in [0.717, 1.165) is 15.7 Å². The molecule has 1 aromatic carbocycles. The highest BCUT2D eigenvalue weighted by Gasteiger charge is 2.33. The minimum Gasteiger partial charge on any atom is -0.316 e. The Hall–Kier alpha value is -0.870. The molecule has 0 fully saturated rings. The first-order chi connectivity index (χ1) is 6.65. The first kappa shape index (κ1) is 9.68. The molecule has 0 aliphatic carbocycles. The van der Waals surface area contributed by atoms with E-state index in [0.29, 0.717) is 6.54 Å². The molecule has 4 heteroatoms. The standard InChI is InChI=1S/C10H11BrN2O/c1-2-13-8-4-3-6(11)5-7(8)9(12)10(13)14/h3-5,9H,2,12H2,1H3/t9-/m1/s1. The molecule has 74 valence electrons. The number of carbonyl (C=O) groups is 1. The Morgan fingerprint density at radius 3 is 2.93 bits per heavy atom. The summed E-state index contributed by atoms with van der Waals surface area (Å²) in [6, 6.07) is 5.26. The lowest BCUT2D eigenvalue weighted by atomic mass is 10.1. The van der Waals surface area contributed by atoms with Gasteiger partial charge < -0.3 is 10.6 Å². The largest absolute Gasteiger partial charge is 0.316 e. The van der Waals surface area contributed by atoms with Crippen molar-refractivity contribution in [1.29, 1.82) is 0 Å². The van der Waals surface area contributed by atoms with E-state index in [1.54, 1.807) is 4.90 Å². The van der Waals surface area contributed by atoms with Gasteiger partial charge in [0.25, 0.3) is 0 Å². The molecule has 1 heterocycles. The molecule has 1 aromatic rings. The van der Waals surface area contributed by atoms with E-state index in [9.17, 15) is 4.79 Å². The third-order valence-electron chi connectivity index (χ3n) is 2.46. The molecule has 0 aromatic heterocycles. The van der Waals surface area contributed by atoms with Crippen molar-refractivity contribution in [2.45, 2.75) is 13.0 Å². The number of hydrogen-bond donors (Lipinski definition) is 1. The van der Waals surface area contributed by atoms with Gasteiger partial charge in [0.2, 0.25) is 5.91 Å². The van der Waals surface area contributed by atoms with Crippen molar-refractivity contribution in [3.63, 3.8) is 0 Å². The normalized spacial score (nSPS) is 20.1. The summed E-state index contributed by atoms with van der Waals surface area (Å²) >= 11 is 3.37. The van der Waals surface area contributed by atoms with Gasteiger partial charge in [-0.1, -0.05) is 15.9 Å². The van der Waals surface area contributed by atoms with Crippen molar-refractivity contribution in [2.24, 2.45) is 5.73 Å². The average molecular weight is 255 g/mol. The van der Waals surface area contributed by atoms with Crippen LogP contribution < -0.4 is 10.6 Å². The van der Waals surface area contributed by atoms with Crippen molar-refractivity contribution >= 4 is 27.5 Å². The molecule has 2 N–H and O–H groups in total. The quantitative estimate of drug-likeness (QED) is 0.831. The number of halogens is 1. The Bertz CT molecular complexity index is 392. The summed E-state index contributed by atoms with van der Waals surface area (Å²) in [4.78, 5) is 13.4. The lowest BCUT2D eigenvalue weighted by Crippen LogP contribution is -2.31. The van der Waals surface area contributed by atoms with Gasteiger partial charge in [0, 0.05) is 22.3 Å². The summed E-state index contributed by atoms with van der Waals surface area (Å²) < 4.78 is 0.956. The summed E-state index contributed by atoms with van der Waals surface area (Å²) in [5.41, 5.74) is 7.66. The molecule has 14 heavy (non-hydrogen) atoms. The molecule has 0 bridgehead atoms. The van der Waals surface area contributed by atoms with Crippen LogP contribution >= 0.6 is 15.9 Å². The van der Waals surface area contributed by atoms with Crippen LogP contribution in [-0.2, 0) is 4.79 Å². The Morgan fingerprint density at radius 1 is 1.57 bits per heavy atom. The van der Waals surface area contributed by atoms with Crippen molar-refractivity contribution in [3.05, 3.63) is 28.2 Å². The molecule has 3 nitrogen and oxygen atoms in total. The van der Waals surface area contributed by atoms with Gasteiger partial charge in [-0.15, -0.1) is 0 Å². The van der Waals surface area contributed by atoms with Crippen LogP contribution in [0.25, 0.3) is 0 Å². The van der Waals surface area contributed by atoms with Gasteiger partial charge in [0.05, 0.1) is 0 Å². The fourth-order valence-corrected chi connectivity index (χ4v) is 2.14. The Labute approximate surface area is 91.0 Å². The smallest absolute Gasteiger partial charge is 0.248 e. The number of hydrogen-bond acceptors (Lipinski definition) is 2. The summed E-state index contributed by atoms with van der Waals surface area (Å²) in [6.07, 6.45) is 0. The van der Waals surface area contributed by atoms with Gasteiger partial charge in [-0.25, -0.2) is 0 Å². The molecule has 0 radical (unpaired) electrons. The lowest BCUT2D eigenvalue weighted by Gasteiger charge is -2.14. The minimum absolute atomic E-state index is 0.0133. The molecule has 1 amide bonds. The van der Waals surface area contributed by atoms with Crippen LogP contribution in [0, 0.1) is 0 Å². The molecule has 0 spiro atoms. The van der Waals surface area contributed by atoms with Crippen molar-refractivity contribution < 1.29 is 4.79 Å². The number of benzene rings is 1. The van der Waals surface area contributed by atoms with E-state index in [4.69, 9.17) is 5.73 Å². The summed E-state index contributed by atoms with van der Waals surface area (Å²) in [5.74, 6) is -0.0133. The van der Waals surface area contributed by atoms with Crippen molar-refractivity contribution in [3.8, 4) is 0 Å². The van der Waals surface area contributed by atoms with Gasteiger partial charge in [0.1, 0.15) is 6.04 Å². The monoisotopic (exact) mass is 254 g/mol. The second-order valence-corrected chi connectivity index (χ2v) is 4.18. The van der Waals surface area contributed by atoms with E-state index in [1.165, 1.54) is 0 Å². The zero-order chi connectivity index (χ0) is 10.3. The van der Waals surface area contributed by atoms with Crippen LogP contribution in [0.4, 0.5) is 5.69 Å².